The zero-order valence-corrected chi connectivity index (χ0v) is 11.0. The van der Waals surface area contributed by atoms with Crippen LogP contribution in [0.5, 0.6) is 0 Å². The standard InChI is InChI=1S/C15H22O2/c1-11-5-4-6-12(2)9-15(17)14(8-7-11)13(3)10-16/h6-7,16H,4-5,8-10H2,1-3H3/b11-7+,12-6?,14-13+. The Morgan fingerprint density at radius 2 is 2.00 bits per heavy atom. The van der Waals surface area contributed by atoms with Crippen LogP contribution in [-0.2, 0) is 4.79 Å². The van der Waals surface area contributed by atoms with Crippen molar-refractivity contribution in [1.82, 2.24) is 0 Å². The van der Waals surface area contributed by atoms with E-state index in [4.69, 9.17) is 0 Å². The van der Waals surface area contributed by atoms with Crippen LogP contribution in [0.1, 0.15) is 46.5 Å². The summed E-state index contributed by atoms with van der Waals surface area (Å²) >= 11 is 0. The first-order valence-corrected chi connectivity index (χ1v) is 6.18. The highest BCUT2D eigenvalue weighted by Gasteiger charge is 2.13. The Morgan fingerprint density at radius 1 is 1.29 bits per heavy atom. The van der Waals surface area contributed by atoms with E-state index in [1.54, 1.807) is 0 Å². The Balaban J connectivity index is 3.03. The second kappa shape index (κ2) is 6.55. The number of ketones is 1. The van der Waals surface area contributed by atoms with Crippen molar-refractivity contribution in [2.45, 2.75) is 46.5 Å². The molecule has 2 heteroatoms. The number of aliphatic hydroxyl groups is 1. The fourth-order valence-corrected chi connectivity index (χ4v) is 1.98. The molecule has 0 atom stereocenters. The van der Waals surface area contributed by atoms with Gasteiger partial charge in [-0.05, 0) is 45.6 Å². The number of hydrogen-bond donors (Lipinski definition) is 1. The molecule has 1 aliphatic carbocycles. The Hall–Kier alpha value is -1.15. The lowest BCUT2D eigenvalue weighted by Gasteiger charge is -2.11. The first-order chi connectivity index (χ1) is 8.04. The second-order valence-corrected chi connectivity index (χ2v) is 4.86. The summed E-state index contributed by atoms with van der Waals surface area (Å²) in [7, 11) is 0. The van der Waals surface area contributed by atoms with E-state index in [1.165, 1.54) is 5.57 Å². The highest BCUT2D eigenvalue weighted by Crippen LogP contribution is 2.20. The largest absolute Gasteiger partial charge is 0.392 e. The summed E-state index contributed by atoms with van der Waals surface area (Å²) in [6, 6.07) is 0. The average molecular weight is 234 g/mol. The summed E-state index contributed by atoms with van der Waals surface area (Å²) in [4.78, 5) is 12.1. The molecule has 0 unspecified atom stereocenters. The average Bonchev–Trinajstić information content (AvgIpc) is 2.28. The van der Waals surface area contributed by atoms with Gasteiger partial charge in [0.1, 0.15) is 0 Å². The summed E-state index contributed by atoms with van der Waals surface area (Å²) in [5.74, 6) is 0.149. The smallest absolute Gasteiger partial charge is 0.163 e. The van der Waals surface area contributed by atoms with Crippen LogP contribution in [0.4, 0.5) is 0 Å². The molecule has 17 heavy (non-hydrogen) atoms. The van der Waals surface area contributed by atoms with Gasteiger partial charge in [0.05, 0.1) is 6.61 Å². The van der Waals surface area contributed by atoms with Gasteiger partial charge in [-0.25, -0.2) is 0 Å². The minimum Gasteiger partial charge on any atom is -0.392 e. The fourth-order valence-electron chi connectivity index (χ4n) is 1.98. The third kappa shape index (κ3) is 4.31. The quantitative estimate of drug-likeness (QED) is 0.558. The molecule has 0 aromatic carbocycles. The fraction of sp³-hybridized carbons (Fsp3) is 0.533. The molecule has 0 aliphatic heterocycles. The van der Waals surface area contributed by atoms with Crippen LogP contribution in [0.15, 0.2) is 34.4 Å². The molecule has 0 saturated carbocycles. The van der Waals surface area contributed by atoms with Crippen LogP contribution in [0.2, 0.25) is 0 Å². The number of carbonyl (C=O) groups excluding carboxylic acids is 1. The van der Waals surface area contributed by atoms with E-state index >= 15 is 0 Å². The Morgan fingerprint density at radius 3 is 2.65 bits per heavy atom. The van der Waals surface area contributed by atoms with E-state index in [-0.39, 0.29) is 12.4 Å². The number of aliphatic hydroxyl groups excluding tert-OH is 1. The summed E-state index contributed by atoms with van der Waals surface area (Å²) in [5.41, 5.74) is 4.02. The molecular weight excluding hydrogens is 212 g/mol. The van der Waals surface area contributed by atoms with Crippen LogP contribution in [-0.4, -0.2) is 17.5 Å². The number of Topliss-reactive ketones (excluding diaryl/α,β-unsaturated/α-hetero) is 1. The van der Waals surface area contributed by atoms with Crippen LogP contribution in [0.25, 0.3) is 0 Å². The lowest BCUT2D eigenvalue weighted by molar-refractivity contribution is -0.115. The van der Waals surface area contributed by atoms with Gasteiger partial charge in [0.15, 0.2) is 5.78 Å². The SMILES string of the molecule is CC1=CCC/C(C)=C/C/C(=C(/C)CO)C(=O)C1. The molecule has 0 saturated heterocycles. The molecule has 0 spiro atoms. The lowest BCUT2D eigenvalue weighted by Crippen LogP contribution is -2.08. The van der Waals surface area contributed by atoms with Crippen molar-refractivity contribution in [2.24, 2.45) is 0 Å². The first-order valence-electron chi connectivity index (χ1n) is 6.18. The highest BCUT2D eigenvalue weighted by atomic mass is 16.3. The number of rotatable bonds is 1. The molecule has 1 rings (SSSR count). The van der Waals surface area contributed by atoms with Crippen LogP contribution < -0.4 is 0 Å². The topological polar surface area (TPSA) is 37.3 Å². The summed E-state index contributed by atoms with van der Waals surface area (Å²) < 4.78 is 0. The molecular formula is C15H22O2. The third-order valence-corrected chi connectivity index (χ3v) is 3.21. The van der Waals surface area contributed by atoms with Crippen molar-refractivity contribution in [3.8, 4) is 0 Å². The Bertz CT molecular complexity index is 384. The maximum Gasteiger partial charge on any atom is 0.163 e. The predicted octanol–water partition coefficient (Wildman–Crippen LogP) is 3.33. The van der Waals surface area contributed by atoms with E-state index in [0.717, 1.165) is 29.6 Å². The predicted molar refractivity (Wildman–Crippen MR) is 70.8 cm³/mol. The molecule has 0 radical (unpaired) electrons. The van der Waals surface area contributed by atoms with Crippen LogP contribution in [0.3, 0.4) is 0 Å². The van der Waals surface area contributed by atoms with E-state index in [1.807, 2.05) is 13.8 Å². The zero-order chi connectivity index (χ0) is 12.8. The maximum absolute atomic E-state index is 12.1. The molecule has 0 fully saturated rings. The lowest BCUT2D eigenvalue weighted by atomic mass is 9.94. The molecule has 0 heterocycles. The molecule has 0 amide bonds. The van der Waals surface area contributed by atoms with Crippen molar-refractivity contribution in [1.29, 1.82) is 0 Å². The first kappa shape index (κ1) is 13.9. The van der Waals surface area contributed by atoms with Gasteiger partial charge < -0.3 is 5.11 Å². The van der Waals surface area contributed by atoms with Crippen molar-refractivity contribution in [3.63, 3.8) is 0 Å². The molecule has 94 valence electrons. The normalized spacial score (nSPS) is 24.8. The van der Waals surface area contributed by atoms with Crippen LogP contribution >= 0.6 is 0 Å². The molecule has 1 aliphatic rings. The van der Waals surface area contributed by atoms with Gasteiger partial charge in [0.25, 0.3) is 0 Å². The van der Waals surface area contributed by atoms with Gasteiger partial charge in [0.2, 0.25) is 0 Å². The molecule has 2 nitrogen and oxygen atoms in total. The van der Waals surface area contributed by atoms with Gasteiger partial charge in [-0.2, -0.15) is 0 Å². The van der Waals surface area contributed by atoms with Crippen LogP contribution in [0, 0.1) is 0 Å². The molecule has 0 aromatic heterocycles. The van der Waals surface area contributed by atoms with E-state index in [0.29, 0.717) is 12.8 Å². The second-order valence-electron chi connectivity index (χ2n) is 4.86. The molecule has 0 bridgehead atoms. The number of carbonyl (C=O) groups is 1. The van der Waals surface area contributed by atoms with Gasteiger partial charge in [0, 0.05) is 12.0 Å². The molecule has 0 aromatic rings. The molecule has 1 N–H and O–H groups in total. The Labute approximate surface area is 104 Å². The minimum atomic E-state index is -0.0310. The zero-order valence-electron chi connectivity index (χ0n) is 11.0. The van der Waals surface area contributed by atoms with Gasteiger partial charge in [-0.3, -0.25) is 4.79 Å². The monoisotopic (exact) mass is 234 g/mol. The van der Waals surface area contributed by atoms with Gasteiger partial charge in [-0.15, -0.1) is 0 Å². The summed E-state index contributed by atoms with van der Waals surface area (Å²) in [6.45, 7) is 5.91. The van der Waals surface area contributed by atoms with Gasteiger partial charge >= 0.3 is 0 Å². The minimum absolute atomic E-state index is 0.0310. The number of hydrogen-bond acceptors (Lipinski definition) is 2. The maximum atomic E-state index is 12.1. The van der Waals surface area contributed by atoms with Crippen molar-refractivity contribution in [2.75, 3.05) is 6.61 Å². The summed E-state index contributed by atoms with van der Waals surface area (Å²) in [5, 5.41) is 9.18. The van der Waals surface area contributed by atoms with Crippen molar-refractivity contribution < 1.29 is 9.90 Å². The van der Waals surface area contributed by atoms with Gasteiger partial charge in [-0.1, -0.05) is 23.3 Å². The van der Waals surface area contributed by atoms with E-state index < -0.39 is 0 Å². The van der Waals surface area contributed by atoms with Crippen molar-refractivity contribution in [3.05, 3.63) is 34.4 Å². The highest BCUT2D eigenvalue weighted by molar-refractivity contribution is 5.97. The Kier molecular flexibility index (Phi) is 5.36. The van der Waals surface area contributed by atoms with Crippen molar-refractivity contribution >= 4 is 5.78 Å². The van der Waals surface area contributed by atoms with E-state index in [9.17, 15) is 9.90 Å². The third-order valence-electron chi connectivity index (χ3n) is 3.21. The summed E-state index contributed by atoms with van der Waals surface area (Å²) in [6.07, 6.45) is 7.47. The number of allylic oxidation sites excluding steroid dienone is 5. The van der Waals surface area contributed by atoms with E-state index in [2.05, 4.69) is 19.1 Å².